The summed E-state index contributed by atoms with van der Waals surface area (Å²) >= 11 is 16.0. The van der Waals surface area contributed by atoms with Gasteiger partial charge < -0.3 is 40.0 Å². The Balaban J connectivity index is 0.000000280. The molecule has 4 heterocycles. The number of benzene rings is 7. The Morgan fingerprint density at radius 3 is 1.04 bits per heavy atom. The molecule has 0 unspecified atom stereocenters. The van der Waals surface area contributed by atoms with Crippen molar-refractivity contribution in [2.75, 3.05) is 65.7 Å². The van der Waals surface area contributed by atoms with Crippen molar-refractivity contribution < 1.29 is 91.7 Å². The van der Waals surface area contributed by atoms with Crippen LogP contribution in [0.3, 0.4) is 0 Å². The SMILES string of the molecule is COC(=O)[C@@H]1CCCN1.COC(=O)[C@@H]1CCCN1S(=O)(=O)c1ccc(-c2ccc(N)cc2)cc1.COC(=O)[C@@H]1CCCN1S(=O)(=O)c1ccc(-c2ccc([N+](=O)[O-])cc2)cc1.COC(=O)[C@@H]1CCCN1S(=O)(=O)c1ccc(Br)cc1.Cl.ClCCl.O=S(=O)(Cl)c1ccc(Br)cc1.O=[N+]([O-])c1ccc(B(O)O)cc1. The first kappa shape index (κ1) is 92.1. The fourth-order valence-corrected chi connectivity index (χ4v) is 16.9. The molecule has 4 atom stereocenters. The van der Waals surface area contributed by atoms with Crippen LogP contribution in [0, 0.1) is 20.2 Å². The summed E-state index contributed by atoms with van der Waals surface area (Å²) in [5.41, 5.74) is 9.82. The van der Waals surface area contributed by atoms with Crippen LogP contribution in [-0.4, -0.2) is 182 Å². The largest absolute Gasteiger partial charge is 0.488 e. The first-order valence-electron chi connectivity index (χ1n) is 31.7. The van der Waals surface area contributed by atoms with E-state index in [1.807, 2.05) is 12.1 Å². The lowest BCUT2D eigenvalue weighted by Crippen LogP contribution is -2.40. The van der Waals surface area contributed by atoms with Crippen molar-refractivity contribution in [1.82, 2.24) is 18.2 Å². The quantitative estimate of drug-likeness (QED) is 0.0102. The van der Waals surface area contributed by atoms with Crippen molar-refractivity contribution >= 4 is 171 Å². The van der Waals surface area contributed by atoms with Gasteiger partial charge in [0.15, 0.2) is 0 Å². The summed E-state index contributed by atoms with van der Waals surface area (Å²) in [5, 5.41) is 41.4. The van der Waals surface area contributed by atoms with Gasteiger partial charge in [-0.15, -0.1) is 35.6 Å². The molecular weight excluding hydrogens is 1700 g/mol. The predicted octanol–water partition coefficient (Wildman–Crippen LogP) is 10.0. The van der Waals surface area contributed by atoms with Crippen LogP contribution in [0.25, 0.3) is 22.3 Å². The number of ether oxygens (including phenoxy) is 4. The molecule has 0 saturated carbocycles. The van der Waals surface area contributed by atoms with Gasteiger partial charge in [-0.3, -0.25) is 39.4 Å². The number of rotatable bonds is 16. The molecule has 0 radical (unpaired) electrons. The van der Waals surface area contributed by atoms with Gasteiger partial charge in [0.25, 0.3) is 20.4 Å². The van der Waals surface area contributed by atoms with E-state index < -0.39 is 92.1 Å². The number of nitrogens with one attached hydrogen (secondary N) is 1. The zero-order valence-electron chi connectivity index (χ0n) is 57.5. The lowest BCUT2D eigenvalue weighted by molar-refractivity contribution is -0.385. The molecule has 5 N–H and O–H groups in total. The highest BCUT2D eigenvalue weighted by atomic mass is 79.9. The van der Waals surface area contributed by atoms with E-state index >= 15 is 0 Å². The number of non-ortho nitro benzene ring substituents is 2. The molecular formula is C67H76BBr2Cl4N7O22S4. The van der Waals surface area contributed by atoms with E-state index in [0.29, 0.717) is 57.3 Å². The van der Waals surface area contributed by atoms with Gasteiger partial charge in [-0.2, -0.15) is 12.9 Å². The van der Waals surface area contributed by atoms with Gasteiger partial charge in [0.05, 0.1) is 63.2 Å². The molecule has 7 aromatic carbocycles. The molecule has 4 saturated heterocycles. The number of nitrogen functional groups attached to an aromatic ring is 1. The van der Waals surface area contributed by atoms with Crippen LogP contribution in [0.15, 0.2) is 198 Å². The number of alkyl halides is 2. The van der Waals surface area contributed by atoms with Crippen LogP contribution in [0.2, 0.25) is 0 Å². The minimum absolute atomic E-state index is 0. The van der Waals surface area contributed by atoms with Gasteiger partial charge in [0.1, 0.15) is 24.2 Å². The summed E-state index contributed by atoms with van der Waals surface area (Å²) in [4.78, 5) is 66.4. The van der Waals surface area contributed by atoms with Crippen LogP contribution in [0.1, 0.15) is 51.4 Å². The zero-order chi connectivity index (χ0) is 78.7. The molecule has 0 aliphatic carbocycles. The molecule has 4 fully saturated rings. The average molecular weight is 1770 g/mol. The van der Waals surface area contributed by atoms with Crippen molar-refractivity contribution in [2.45, 2.75) is 95.1 Å². The Labute approximate surface area is 657 Å². The Hall–Kier alpha value is -7.24. The normalized spacial score (nSPS) is 16.9. The number of carbonyl (C=O) groups is 4. The highest BCUT2D eigenvalue weighted by molar-refractivity contribution is 9.10. The van der Waals surface area contributed by atoms with Crippen molar-refractivity contribution in [2.24, 2.45) is 0 Å². The van der Waals surface area contributed by atoms with Gasteiger partial charge in [0.2, 0.25) is 30.1 Å². The maximum atomic E-state index is 12.9. The number of nitro groups is 2. The van der Waals surface area contributed by atoms with Crippen LogP contribution < -0.4 is 16.5 Å². The van der Waals surface area contributed by atoms with Gasteiger partial charge >= 0.3 is 31.0 Å². The van der Waals surface area contributed by atoms with Gasteiger partial charge in [0, 0.05) is 69.2 Å². The minimum Gasteiger partial charge on any atom is -0.468 e. The molecule has 11 rings (SSSR count). The van der Waals surface area contributed by atoms with E-state index in [-0.39, 0.29) is 72.7 Å². The van der Waals surface area contributed by atoms with E-state index in [1.54, 1.807) is 84.9 Å². The molecule has 40 heteroatoms. The second-order valence-corrected chi connectivity index (χ2v) is 33.6. The number of sulfonamides is 3. The summed E-state index contributed by atoms with van der Waals surface area (Å²) in [7, 11) is -6.08. The van der Waals surface area contributed by atoms with Crippen molar-refractivity contribution in [1.29, 1.82) is 0 Å². The number of nitro benzene ring substituents is 2. The second-order valence-electron chi connectivity index (χ2n) is 22.7. The standard InChI is InChI=1S/C18H18N2O6S.C18H20N2O4S.C12H14BrNO4S.C6H6BNO4.C6H4BrClO2S.C6H11NO2.CH2Cl2.ClH/c1-26-18(21)17-3-2-12-19(17)27(24,25)16-10-6-14(7-11-16)13-4-8-15(9-5-13)20(22)23;1-24-18(21)17-3-2-12-20(17)25(22,23)16-10-6-14(7-11-16)13-4-8-15(19)9-5-13;1-18-12(15)11-3-2-8-14(11)19(16,17)10-6-4-9(13)5-7-10;9-7(10)5-1-3-6(4-2-5)8(11)12;7-5-1-3-6(4-2-5)11(8,9)10;1-9-6(8)5-3-2-4-7-5;2-1-3;/h4-11,17H,2-3,12H2,1H3;4-11,17H,2-3,12,19H2,1H3;4-7,11H,2-3,8H2,1H3;1-4,9-10H;1-4H;5,7H,2-4H2,1H3;1H2;1H/t2*17-;11-;;;5-;;/m000..0../s1. The fourth-order valence-electron chi connectivity index (χ4n) is 10.7. The topological polar surface area (TPSA) is 416 Å². The number of nitrogens with zero attached hydrogens (tertiary/aromatic N) is 5. The predicted molar refractivity (Wildman–Crippen MR) is 413 cm³/mol. The van der Waals surface area contributed by atoms with E-state index in [4.69, 9.17) is 59.1 Å². The van der Waals surface area contributed by atoms with Crippen molar-refractivity contribution in [3.05, 3.63) is 199 Å². The van der Waals surface area contributed by atoms with E-state index in [9.17, 15) is 73.1 Å². The number of methoxy groups -OCH3 is 4. The average Bonchev–Trinajstić information content (AvgIpc) is 1.75. The molecule has 107 heavy (non-hydrogen) atoms. The first-order chi connectivity index (χ1) is 50.1. The third kappa shape index (κ3) is 26.8. The number of anilines is 1. The maximum absolute atomic E-state index is 12.9. The molecule has 4 aliphatic heterocycles. The Morgan fingerprint density at radius 1 is 0.486 bits per heavy atom. The van der Waals surface area contributed by atoms with E-state index in [1.165, 1.54) is 114 Å². The highest BCUT2D eigenvalue weighted by Gasteiger charge is 2.43. The van der Waals surface area contributed by atoms with Crippen LogP contribution in [0.5, 0.6) is 0 Å². The number of esters is 4. The van der Waals surface area contributed by atoms with E-state index in [2.05, 4.69) is 46.7 Å². The Bertz CT molecular complexity index is 4560. The monoisotopic (exact) mass is 1770 g/mol. The van der Waals surface area contributed by atoms with Crippen LogP contribution in [0.4, 0.5) is 17.1 Å². The van der Waals surface area contributed by atoms with Gasteiger partial charge in [-0.1, -0.05) is 80.4 Å². The summed E-state index contributed by atoms with van der Waals surface area (Å²) in [6, 6.07) is 41.4. The Morgan fingerprint density at radius 2 is 0.766 bits per heavy atom. The lowest BCUT2D eigenvalue weighted by Gasteiger charge is -2.22. The maximum Gasteiger partial charge on any atom is 0.488 e. The second kappa shape index (κ2) is 43.8. The number of nitrogens with two attached hydrogens (primary N) is 1. The molecule has 580 valence electrons. The van der Waals surface area contributed by atoms with Crippen LogP contribution in [-0.2, 0) is 77.2 Å². The molecule has 0 bridgehead atoms. The molecule has 4 aliphatic rings. The summed E-state index contributed by atoms with van der Waals surface area (Å²) in [6.45, 7) is 1.88. The highest BCUT2D eigenvalue weighted by Crippen LogP contribution is 2.33. The van der Waals surface area contributed by atoms with Crippen LogP contribution >= 0.6 is 78.2 Å². The van der Waals surface area contributed by atoms with E-state index in [0.717, 1.165) is 50.6 Å². The molecule has 0 aromatic heterocycles. The number of halogens is 6. The zero-order valence-corrected chi connectivity index (χ0v) is 67.1. The molecule has 0 amide bonds. The third-order valence-electron chi connectivity index (χ3n) is 16.1. The number of hydrogen-bond donors (Lipinski definition) is 4. The van der Waals surface area contributed by atoms with Crippen molar-refractivity contribution in [3.8, 4) is 22.3 Å². The summed E-state index contributed by atoms with van der Waals surface area (Å²) in [5.74, 6) is -1.70. The fraction of sp³-hybridized carbons (Fsp3) is 0.313. The summed E-state index contributed by atoms with van der Waals surface area (Å²) < 4.78 is 122. The van der Waals surface area contributed by atoms with Gasteiger partial charge in [-0.25, -0.2) is 33.7 Å². The minimum atomic E-state index is -3.82. The number of carbonyl (C=O) groups excluding carboxylic acids is 4. The first-order valence-corrected chi connectivity index (χ1v) is 41.0. The lowest BCUT2D eigenvalue weighted by atomic mass is 9.80. The molecule has 7 aromatic rings. The van der Waals surface area contributed by atoms with Crippen molar-refractivity contribution in [3.63, 3.8) is 0 Å². The Kier molecular flexibility index (Phi) is 37.7. The molecule has 0 spiro atoms. The molecule has 29 nitrogen and oxygen atoms in total. The number of hydrogen-bond acceptors (Lipinski definition) is 24. The summed E-state index contributed by atoms with van der Waals surface area (Å²) in [6.07, 6.45) is 5.33. The smallest absolute Gasteiger partial charge is 0.468 e. The third-order valence-corrected chi connectivity index (χ3v) is 24.3. The van der Waals surface area contributed by atoms with Gasteiger partial charge in [-0.05, 0) is 183 Å².